The second-order valence-electron chi connectivity index (χ2n) is 10.0. The summed E-state index contributed by atoms with van der Waals surface area (Å²) < 4.78 is 0. The molecular weight excluding hydrogens is 424 g/mol. The molecule has 3 heterocycles. The quantitative estimate of drug-likeness (QED) is 0.619. The first-order valence-electron chi connectivity index (χ1n) is 11.9. The minimum atomic E-state index is -0.130. The van der Waals surface area contributed by atoms with E-state index in [1.54, 1.807) is 6.20 Å². The number of amides is 1. The van der Waals surface area contributed by atoms with Gasteiger partial charge in [0.15, 0.2) is 0 Å². The third kappa shape index (κ3) is 4.35. The van der Waals surface area contributed by atoms with Crippen molar-refractivity contribution >= 4 is 23.2 Å². The highest BCUT2D eigenvalue weighted by Gasteiger charge is 2.31. The van der Waals surface area contributed by atoms with Gasteiger partial charge in [-0.1, -0.05) is 26.0 Å². The number of aromatic nitrogens is 2. The van der Waals surface area contributed by atoms with Gasteiger partial charge in [0.05, 0.1) is 5.69 Å². The minimum absolute atomic E-state index is 0.0126. The molecule has 0 unspecified atom stereocenters. The summed E-state index contributed by atoms with van der Waals surface area (Å²) in [6.45, 7) is 11.3. The van der Waals surface area contributed by atoms with Crippen molar-refractivity contribution in [3.05, 3.63) is 65.4 Å². The zero-order chi connectivity index (χ0) is 23.9. The number of hydrogen-bond donors (Lipinski definition) is 2. The molecule has 0 saturated carbocycles. The summed E-state index contributed by atoms with van der Waals surface area (Å²) in [5.41, 5.74) is 6.97. The van der Waals surface area contributed by atoms with Crippen molar-refractivity contribution in [1.29, 1.82) is 0 Å². The lowest BCUT2D eigenvalue weighted by Gasteiger charge is -2.35. The second kappa shape index (κ2) is 8.72. The van der Waals surface area contributed by atoms with Gasteiger partial charge in [-0.3, -0.25) is 4.79 Å². The van der Waals surface area contributed by atoms with Gasteiger partial charge in [-0.15, -0.1) is 0 Å². The van der Waals surface area contributed by atoms with Crippen molar-refractivity contribution in [2.75, 3.05) is 50.0 Å². The monoisotopic (exact) mass is 456 g/mol. The molecule has 3 aromatic rings. The molecule has 2 aliphatic rings. The fourth-order valence-electron chi connectivity index (χ4n) is 4.74. The lowest BCUT2D eigenvalue weighted by molar-refractivity contribution is 0.0930. The standard InChI is InChI=1S/C27H32N6O/c1-18-5-7-20(16-24(18)33-13-11-32(4)12-14-33)30-26-28-10-9-23(31-26)19-6-8-21-22(15-19)27(2,3)17-29-25(21)34/h5-10,15-16H,11-14,17H2,1-4H3,(H,29,34)(H,28,30,31). The van der Waals surface area contributed by atoms with E-state index >= 15 is 0 Å². The largest absolute Gasteiger partial charge is 0.369 e. The predicted octanol–water partition coefficient (Wildman–Crippen LogP) is 3.97. The van der Waals surface area contributed by atoms with E-state index < -0.39 is 0 Å². The molecule has 5 rings (SSSR count). The van der Waals surface area contributed by atoms with Crippen molar-refractivity contribution in [2.24, 2.45) is 0 Å². The lowest BCUT2D eigenvalue weighted by Crippen LogP contribution is -2.44. The van der Waals surface area contributed by atoms with E-state index in [9.17, 15) is 4.79 Å². The number of nitrogens with one attached hydrogen (secondary N) is 2. The fraction of sp³-hybridized carbons (Fsp3) is 0.370. The summed E-state index contributed by atoms with van der Waals surface area (Å²) in [7, 11) is 2.17. The first kappa shape index (κ1) is 22.3. The molecule has 1 aromatic heterocycles. The highest BCUT2D eigenvalue weighted by atomic mass is 16.1. The lowest BCUT2D eigenvalue weighted by atomic mass is 9.78. The average Bonchev–Trinajstić information content (AvgIpc) is 2.83. The van der Waals surface area contributed by atoms with Gasteiger partial charge in [0.1, 0.15) is 0 Å². The normalized spacial score (nSPS) is 17.8. The van der Waals surface area contributed by atoms with E-state index in [4.69, 9.17) is 4.98 Å². The molecular formula is C27H32N6O. The van der Waals surface area contributed by atoms with Gasteiger partial charge in [0.2, 0.25) is 5.95 Å². The Hall–Kier alpha value is -3.45. The Labute approximate surface area is 201 Å². The van der Waals surface area contributed by atoms with Crippen molar-refractivity contribution < 1.29 is 4.79 Å². The van der Waals surface area contributed by atoms with Crippen molar-refractivity contribution in [2.45, 2.75) is 26.2 Å². The molecule has 7 nitrogen and oxygen atoms in total. The number of carbonyl (C=O) groups excluding carboxylic acids is 1. The zero-order valence-corrected chi connectivity index (χ0v) is 20.4. The molecule has 2 aromatic carbocycles. The van der Waals surface area contributed by atoms with E-state index in [0.717, 1.165) is 54.3 Å². The molecule has 0 bridgehead atoms. The van der Waals surface area contributed by atoms with Crippen molar-refractivity contribution in [3.8, 4) is 11.3 Å². The molecule has 0 atom stereocenters. The number of rotatable bonds is 4. The number of carbonyl (C=O) groups is 1. The van der Waals surface area contributed by atoms with E-state index in [-0.39, 0.29) is 11.3 Å². The highest BCUT2D eigenvalue weighted by molar-refractivity contribution is 5.98. The van der Waals surface area contributed by atoms with Crippen LogP contribution in [0.5, 0.6) is 0 Å². The fourth-order valence-corrected chi connectivity index (χ4v) is 4.74. The summed E-state index contributed by atoms with van der Waals surface area (Å²) in [6, 6.07) is 14.3. The number of aryl methyl sites for hydroxylation is 1. The molecule has 34 heavy (non-hydrogen) atoms. The Morgan fingerprint density at radius 1 is 1.03 bits per heavy atom. The number of likely N-dealkylation sites (N-methyl/N-ethyl adjacent to an activating group) is 1. The van der Waals surface area contributed by atoms with E-state index in [0.29, 0.717) is 12.5 Å². The summed E-state index contributed by atoms with van der Waals surface area (Å²) in [5.74, 6) is 0.543. The van der Waals surface area contributed by atoms with E-state index in [2.05, 4.69) is 77.5 Å². The minimum Gasteiger partial charge on any atom is -0.369 e. The van der Waals surface area contributed by atoms with Crippen LogP contribution in [0.25, 0.3) is 11.3 Å². The maximum atomic E-state index is 12.3. The van der Waals surface area contributed by atoms with Crippen LogP contribution in [0.15, 0.2) is 48.7 Å². The van der Waals surface area contributed by atoms with Gasteiger partial charge >= 0.3 is 0 Å². The van der Waals surface area contributed by atoms with Gasteiger partial charge in [-0.2, -0.15) is 0 Å². The Morgan fingerprint density at radius 3 is 2.62 bits per heavy atom. The van der Waals surface area contributed by atoms with Gasteiger partial charge in [-0.05, 0) is 55.4 Å². The Balaban J connectivity index is 1.41. The number of anilines is 3. The molecule has 0 spiro atoms. The van der Waals surface area contributed by atoms with Crippen LogP contribution in [0.1, 0.15) is 35.3 Å². The van der Waals surface area contributed by atoms with Gasteiger partial charge in [0, 0.05) is 66.8 Å². The molecule has 0 radical (unpaired) electrons. The molecule has 2 N–H and O–H groups in total. The molecule has 1 fully saturated rings. The average molecular weight is 457 g/mol. The predicted molar refractivity (Wildman–Crippen MR) is 137 cm³/mol. The Kier molecular flexibility index (Phi) is 5.73. The van der Waals surface area contributed by atoms with E-state index in [1.807, 2.05) is 18.2 Å². The molecule has 0 aliphatic carbocycles. The molecule has 2 aliphatic heterocycles. The van der Waals surface area contributed by atoms with Crippen LogP contribution in [0.3, 0.4) is 0 Å². The number of hydrogen-bond acceptors (Lipinski definition) is 6. The highest BCUT2D eigenvalue weighted by Crippen LogP contribution is 2.33. The zero-order valence-electron chi connectivity index (χ0n) is 20.4. The van der Waals surface area contributed by atoms with Crippen LogP contribution in [0.2, 0.25) is 0 Å². The molecule has 1 saturated heterocycles. The smallest absolute Gasteiger partial charge is 0.251 e. The molecule has 176 valence electrons. The maximum absolute atomic E-state index is 12.3. The SMILES string of the molecule is Cc1ccc(Nc2nccc(-c3ccc4c(c3)C(C)(C)CNC4=O)n2)cc1N1CCN(C)CC1. The van der Waals surface area contributed by atoms with Crippen LogP contribution in [-0.2, 0) is 5.41 Å². The van der Waals surface area contributed by atoms with Gasteiger partial charge in [0.25, 0.3) is 5.91 Å². The maximum Gasteiger partial charge on any atom is 0.251 e. The van der Waals surface area contributed by atoms with Crippen LogP contribution < -0.4 is 15.5 Å². The summed E-state index contributed by atoms with van der Waals surface area (Å²) >= 11 is 0. The summed E-state index contributed by atoms with van der Waals surface area (Å²) in [4.78, 5) is 26.4. The number of piperazine rings is 1. The summed E-state index contributed by atoms with van der Waals surface area (Å²) in [5, 5.41) is 6.37. The van der Waals surface area contributed by atoms with Crippen LogP contribution in [0, 0.1) is 6.92 Å². The third-order valence-electron chi connectivity index (χ3n) is 6.94. The van der Waals surface area contributed by atoms with Crippen LogP contribution >= 0.6 is 0 Å². The van der Waals surface area contributed by atoms with Gasteiger partial charge < -0.3 is 20.4 Å². The van der Waals surface area contributed by atoms with E-state index in [1.165, 1.54) is 11.3 Å². The molecule has 7 heteroatoms. The molecule has 1 amide bonds. The van der Waals surface area contributed by atoms with Gasteiger partial charge in [-0.25, -0.2) is 9.97 Å². The van der Waals surface area contributed by atoms with Crippen molar-refractivity contribution in [1.82, 2.24) is 20.2 Å². The topological polar surface area (TPSA) is 73.4 Å². The Morgan fingerprint density at radius 2 is 1.82 bits per heavy atom. The first-order chi connectivity index (χ1) is 16.3. The van der Waals surface area contributed by atoms with Crippen LogP contribution in [-0.4, -0.2) is 60.5 Å². The van der Waals surface area contributed by atoms with Crippen molar-refractivity contribution in [3.63, 3.8) is 0 Å². The number of nitrogens with zero attached hydrogens (tertiary/aromatic N) is 4. The number of fused-ring (bicyclic) bond motifs is 1. The second-order valence-corrected chi connectivity index (χ2v) is 10.0. The Bertz CT molecular complexity index is 1230. The first-order valence-corrected chi connectivity index (χ1v) is 11.9. The van der Waals surface area contributed by atoms with Crippen LogP contribution in [0.4, 0.5) is 17.3 Å². The summed E-state index contributed by atoms with van der Waals surface area (Å²) in [6.07, 6.45) is 1.78. The third-order valence-corrected chi connectivity index (χ3v) is 6.94. The number of benzene rings is 2.